The normalized spacial score (nSPS) is 27.7. The van der Waals surface area contributed by atoms with Crippen LogP contribution in [0.15, 0.2) is 23.0 Å². The molecule has 3 heteroatoms. The lowest BCUT2D eigenvalue weighted by Crippen LogP contribution is -2.47. The first kappa shape index (κ1) is 18.3. The van der Waals surface area contributed by atoms with Crippen molar-refractivity contribution in [2.24, 2.45) is 11.3 Å². The highest BCUT2D eigenvalue weighted by Crippen LogP contribution is 2.54. The Balaban J connectivity index is 2.41. The highest BCUT2D eigenvalue weighted by atomic mass is 28.4. The summed E-state index contributed by atoms with van der Waals surface area (Å²) in [7, 11) is -1.92. The maximum atomic E-state index is 9.63. The Bertz CT molecular complexity index is 557. The lowest BCUT2D eigenvalue weighted by atomic mass is 9.83. The molecule has 0 amide bonds. The largest absolute Gasteiger partial charge is 0.543 e. The fraction of sp³-hybridized carbons (Fsp3) is 0.750. The molecule has 2 atom stereocenters. The molecule has 0 aromatic carbocycles. The number of hydrogen-bond donors (Lipinski definition) is 0. The summed E-state index contributed by atoms with van der Waals surface area (Å²) in [5, 5.41) is 9.63. The van der Waals surface area contributed by atoms with Gasteiger partial charge in [-0.2, -0.15) is 5.26 Å². The van der Waals surface area contributed by atoms with Crippen molar-refractivity contribution in [1.82, 2.24) is 0 Å². The maximum absolute atomic E-state index is 9.63. The van der Waals surface area contributed by atoms with Crippen molar-refractivity contribution >= 4 is 8.32 Å². The molecule has 0 saturated heterocycles. The number of nitriles is 1. The van der Waals surface area contributed by atoms with E-state index < -0.39 is 8.32 Å². The molecule has 0 aromatic heterocycles. The van der Waals surface area contributed by atoms with E-state index in [9.17, 15) is 5.26 Å². The second kappa shape index (κ2) is 6.13. The Labute approximate surface area is 143 Å². The molecule has 0 heterocycles. The van der Waals surface area contributed by atoms with E-state index in [4.69, 9.17) is 4.43 Å². The molecule has 0 spiro atoms. The molecular formula is C20H33NOSi. The minimum absolute atomic E-state index is 0.298. The third-order valence-corrected chi connectivity index (χ3v) is 12.3. The van der Waals surface area contributed by atoms with Crippen molar-refractivity contribution in [3.8, 4) is 6.07 Å². The molecule has 2 aliphatic carbocycles. The summed E-state index contributed by atoms with van der Waals surface area (Å²) in [5.74, 6) is 1.52. The molecule has 0 unspecified atom stereocenters. The van der Waals surface area contributed by atoms with Crippen LogP contribution in [0.1, 0.15) is 68.2 Å². The van der Waals surface area contributed by atoms with Gasteiger partial charge in [-0.25, -0.2) is 0 Å². The molecular weight excluding hydrogens is 298 g/mol. The monoisotopic (exact) mass is 331 g/mol. The van der Waals surface area contributed by atoms with E-state index in [0.717, 1.165) is 18.6 Å². The zero-order chi connectivity index (χ0) is 17.6. The van der Waals surface area contributed by atoms with E-state index >= 15 is 0 Å². The molecule has 1 fully saturated rings. The summed E-state index contributed by atoms with van der Waals surface area (Å²) in [5.41, 5.74) is 4.00. The predicted octanol–water partition coefficient (Wildman–Crippen LogP) is 6.33. The molecule has 1 saturated carbocycles. The lowest BCUT2D eigenvalue weighted by molar-refractivity contribution is 0.378. The van der Waals surface area contributed by atoms with Crippen molar-refractivity contribution in [1.29, 1.82) is 5.26 Å². The maximum Gasteiger partial charge on any atom is 0.258 e. The summed E-state index contributed by atoms with van der Waals surface area (Å²) < 4.78 is 6.90. The van der Waals surface area contributed by atoms with Crippen LogP contribution in [0.5, 0.6) is 0 Å². The molecule has 0 bridgehead atoms. The van der Waals surface area contributed by atoms with Crippen molar-refractivity contribution in [2.75, 3.05) is 0 Å². The van der Waals surface area contributed by atoms with Crippen molar-refractivity contribution in [3.05, 3.63) is 23.0 Å². The SMILES string of the molecule is CC1=C2[C@H](C=C1O[Si](C(C)C)(C(C)C)C(C)C)CC[C@@]2(C)C#N. The van der Waals surface area contributed by atoms with Crippen LogP contribution in [0.4, 0.5) is 0 Å². The third kappa shape index (κ3) is 2.69. The number of rotatable bonds is 5. The Hall–Kier alpha value is -1.01. The van der Waals surface area contributed by atoms with Crippen LogP contribution in [0.2, 0.25) is 16.6 Å². The average molecular weight is 332 g/mol. The Morgan fingerprint density at radius 2 is 1.70 bits per heavy atom. The average Bonchev–Trinajstić information content (AvgIpc) is 2.94. The van der Waals surface area contributed by atoms with Gasteiger partial charge >= 0.3 is 0 Å². The standard InChI is InChI=1S/C20H33NOSi/c1-13(2)23(14(3)4,15(5)6)22-18-11-17-9-10-20(8,12-21)19(17)16(18)7/h11,13-15,17H,9-10H2,1-8H3/t17-,20-/m0/s1. The van der Waals surface area contributed by atoms with Gasteiger partial charge in [0, 0.05) is 5.92 Å². The number of nitrogens with zero attached hydrogens (tertiary/aromatic N) is 1. The summed E-state index contributed by atoms with van der Waals surface area (Å²) in [6.45, 7) is 18.2. The van der Waals surface area contributed by atoms with E-state index in [2.05, 4.69) is 67.5 Å². The summed E-state index contributed by atoms with van der Waals surface area (Å²) >= 11 is 0. The molecule has 2 rings (SSSR count). The van der Waals surface area contributed by atoms with Crippen LogP contribution in [-0.4, -0.2) is 8.32 Å². The number of hydrogen-bond acceptors (Lipinski definition) is 2. The summed E-state index contributed by atoms with van der Waals surface area (Å²) in [6, 6.07) is 2.56. The molecule has 0 radical (unpaired) electrons. The fourth-order valence-corrected chi connectivity index (χ4v) is 10.5. The minimum atomic E-state index is -1.92. The van der Waals surface area contributed by atoms with E-state index in [1.807, 2.05) is 0 Å². The Kier molecular flexibility index (Phi) is 4.88. The molecule has 2 aliphatic rings. The second-order valence-corrected chi connectivity index (χ2v) is 14.0. The van der Waals surface area contributed by atoms with Gasteiger partial charge in [0.25, 0.3) is 8.32 Å². The molecule has 0 N–H and O–H groups in total. The lowest BCUT2D eigenvalue weighted by Gasteiger charge is -2.43. The van der Waals surface area contributed by atoms with Crippen LogP contribution < -0.4 is 0 Å². The van der Waals surface area contributed by atoms with Crippen molar-refractivity contribution < 1.29 is 4.43 Å². The highest BCUT2D eigenvalue weighted by Gasteiger charge is 2.50. The van der Waals surface area contributed by atoms with Gasteiger partial charge in [0.2, 0.25) is 0 Å². The van der Waals surface area contributed by atoms with Gasteiger partial charge in [0.1, 0.15) is 5.76 Å². The Morgan fingerprint density at radius 1 is 1.17 bits per heavy atom. The van der Waals surface area contributed by atoms with Crippen LogP contribution in [0.3, 0.4) is 0 Å². The molecule has 2 nitrogen and oxygen atoms in total. The van der Waals surface area contributed by atoms with Crippen LogP contribution >= 0.6 is 0 Å². The molecule has 23 heavy (non-hydrogen) atoms. The topological polar surface area (TPSA) is 33.0 Å². The van der Waals surface area contributed by atoms with Crippen molar-refractivity contribution in [2.45, 2.75) is 84.9 Å². The van der Waals surface area contributed by atoms with Crippen LogP contribution in [0.25, 0.3) is 0 Å². The number of fused-ring (bicyclic) bond motifs is 1. The summed E-state index contributed by atoms with van der Waals surface area (Å²) in [6.07, 6.45) is 4.39. The zero-order valence-corrected chi connectivity index (χ0v) is 17.2. The third-order valence-electron chi connectivity index (χ3n) is 6.29. The van der Waals surface area contributed by atoms with Gasteiger partial charge in [-0.3, -0.25) is 0 Å². The smallest absolute Gasteiger partial charge is 0.258 e. The second-order valence-electron chi connectivity index (χ2n) is 8.58. The number of allylic oxidation sites excluding steroid dienone is 3. The first-order valence-electron chi connectivity index (χ1n) is 9.13. The van der Waals surface area contributed by atoms with Gasteiger partial charge in [0.15, 0.2) is 0 Å². The highest BCUT2D eigenvalue weighted by molar-refractivity contribution is 6.77. The van der Waals surface area contributed by atoms with Crippen molar-refractivity contribution in [3.63, 3.8) is 0 Å². The van der Waals surface area contributed by atoms with Gasteiger partial charge in [-0.05, 0) is 60.5 Å². The fourth-order valence-electron chi connectivity index (χ4n) is 5.20. The van der Waals surface area contributed by atoms with Gasteiger partial charge in [-0.1, -0.05) is 41.5 Å². The Morgan fingerprint density at radius 3 is 2.13 bits per heavy atom. The van der Waals surface area contributed by atoms with Crippen LogP contribution in [0, 0.1) is 22.7 Å². The van der Waals surface area contributed by atoms with Gasteiger partial charge in [-0.15, -0.1) is 0 Å². The quantitative estimate of drug-likeness (QED) is 0.551. The van der Waals surface area contributed by atoms with E-state index in [-0.39, 0.29) is 5.41 Å². The predicted molar refractivity (Wildman–Crippen MR) is 99.4 cm³/mol. The first-order valence-corrected chi connectivity index (χ1v) is 11.3. The van der Waals surface area contributed by atoms with E-state index in [1.54, 1.807) is 0 Å². The first-order chi connectivity index (χ1) is 10.6. The van der Waals surface area contributed by atoms with E-state index in [1.165, 1.54) is 11.1 Å². The molecule has 0 aromatic rings. The molecule has 0 aliphatic heterocycles. The van der Waals surface area contributed by atoms with Gasteiger partial charge < -0.3 is 4.43 Å². The van der Waals surface area contributed by atoms with E-state index in [0.29, 0.717) is 22.5 Å². The summed E-state index contributed by atoms with van der Waals surface area (Å²) in [4.78, 5) is 0. The minimum Gasteiger partial charge on any atom is -0.543 e. The zero-order valence-electron chi connectivity index (χ0n) is 16.2. The van der Waals surface area contributed by atoms with Crippen LogP contribution in [-0.2, 0) is 4.43 Å². The van der Waals surface area contributed by atoms with Gasteiger partial charge in [0.05, 0.1) is 11.5 Å². The molecule has 128 valence electrons.